The van der Waals surface area contributed by atoms with Crippen molar-refractivity contribution in [2.75, 3.05) is 0 Å². The Balaban J connectivity index is 2.17. The number of imidazole rings is 1. The third kappa shape index (κ3) is 2.01. The predicted octanol–water partition coefficient (Wildman–Crippen LogP) is 3.44. The summed E-state index contributed by atoms with van der Waals surface area (Å²) in [6.07, 6.45) is 1.68. The van der Waals surface area contributed by atoms with Crippen LogP contribution in [0.15, 0.2) is 34.9 Å². The minimum atomic E-state index is 0.436. The fourth-order valence-corrected chi connectivity index (χ4v) is 1.99. The first-order valence-corrected chi connectivity index (χ1v) is 6.13. The number of benzene rings is 1. The van der Waals surface area contributed by atoms with Gasteiger partial charge in [-0.25, -0.2) is 9.97 Å². The fourth-order valence-electron chi connectivity index (χ4n) is 1.58. The second kappa shape index (κ2) is 4.05. The summed E-state index contributed by atoms with van der Waals surface area (Å²) < 4.78 is 1.48. The van der Waals surface area contributed by atoms with E-state index >= 15 is 0 Å². The Labute approximate surface area is 110 Å². The number of aromatic nitrogens is 4. The number of aromatic amines is 2. The van der Waals surface area contributed by atoms with Crippen LogP contribution < -0.4 is 0 Å². The molecule has 0 saturated carbocycles. The van der Waals surface area contributed by atoms with Crippen LogP contribution >= 0.6 is 28.1 Å². The van der Waals surface area contributed by atoms with Crippen LogP contribution in [-0.4, -0.2) is 19.9 Å². The van der Waals surface area contributed by atoms with Gasteiger partial charge in [-0.05, 0) is 24.4 Å². The van der Waals surface area contributed by atoms with Crippen molar-refractivity contribution in [3.8, 4) is 11.4 Å². The third-order valence-corrected chi connectivity index (χ3v) is 3.12. The lowest BCUT2D eigenvalue weighted by Gasteiger charge is -1.95. The summed E-state index contributed by atoms with van der Waals surface area (Å²) in [4.78, 5) is 14.6. The van der Waals surface area contributed by atoms with Crippen LogP contribution in [0.25, 0.3) is 22.6 Å². The smallest absolute Gasteiger partial charge is 0.198 e. The van der Waals surface area contributed by atoms with Crippen molar-refractivity contribution in [1.82, 2.24) is 19.9 Å². The van der Waals surface area contributed by atoms with Crippen LogP contribution in [0.1, 0.15) is 0 Å². The molecule has 17 heavy (non-hydrogen) atoms. The van der Waals surface area contributed by atoms with Crippen molar-refractivity contribution in [3.63, 3.8) is 0 Å². The SMILES string of the molecule is S=c1ncc2[nH]c(-c3ccc(Br)cc3)nc2[nH]1. The van der Waals surface area contributed by atoms with E-state index in [1.54, 1.807) is 6.20 Å². The Morgan fingerprint density at radius 2 is 1.88 bits per heavy atom. The Morgan fingerprint density at radius 3 is 2.65 bits per heavy atom. The predicted molar refractivity (Wildman–Crippen MR) is 72.2 cm³/mol. The summed E-state index contributed by atoms with van der Waals surface area (Å²) in [7, 11) is 0. The topological polar surface area (TPSA) is 57.4 Å². The van der Waals surface area contributed by atoms with Gasteiger partial charge in [-0.1, -0.05) is 28.1 Å². The summed E-state index contributed by atoms with van der Waals surface area (Å²) in [5.41, 5.74) is 2.59. The summed E-state index contributed by atoms with van der Waals surface area (Å²) in [5, 5.41) is 0. The minimum absolute atomic E-state index is 0.436. The van der Waals surface area contributed by atoms with Gasteiger partial charge in [0.15, 0.2) is 10.4 Å². The average Bonchev–Trinajstić information content (AvgIpc) is 2.72. The van der Waals surface area contributed by atoms with Crippen LogP contribution in [0, 0.1) is 4.77 Å². The van der Waals surface area contributed by atoms with E-state index in [4.69, 9.17) is 12.2 Å². The van der Waals surface area contributed by atoms with E-state index in [0.29, 0.717) is 4.77 Å². The normalized spacial score (nSPS) is 10.9. The molecule has 2 heterocycles. The molecule has 0 saturated heterocycles. The maximum Gasteiger partial charge on any atom is 0.198 e. The van der Waals surface area contributed by atoms with Gasteiger partial charge in [-0.2, -0.15) is 0 Å². The molecular formula is C11H7BrN4S. The lowest BCUT2D eigenvalue weighted by Crippen LogP contribution is -1.81. The molecule has 0 unspecified atom stereocenters. The Hall–Kier alpha value is -1.53. The van der Waals surface area contributed by atoms with E-state index in [2.05, 4.69) is 35.9 Å². The van der Waals surface area contributed by atoms with E-state index in [-0.39, 0.29) is 0 Å². The highest BCUT2D eigenvalue weighted by atomic mass is 79.9. The molecule has 0 fully saturated rings. The Kier molecular flexibility index (Phi) is 2.53. The van der Waals surface area contributed by atoms with Gasteiger partial charge < -0.3 is 9.97 Å². The molecule has 0 atom stereocenters. The van der Waals surface area contributed by atoms with Gasteiger partial charge in [0.1, 0.15) is 11.3 Å². The van der Waals surface area contributed by atoms with Crippen molar-refractivity contribution < 1.29 is 0 Å². The van der Waals surface area contributed by atoms with E-state index in [9.17, 15) is 0 Å². The molecule has 0 aliphatic carbocycles. The molecule has 1 aromatic carbocycles. The van der Waals surface area contributed by atoms with Gasteiger partial charge in [-0.3, -0.25) is 0 Å². The number of hydrogen-bond donors (Lipinski definition) is 2. The number of rotatable bonds is 1. The first kappa shape index (κ1) is 10.6. The molecular weight excluding hydrogens is 300 g/mol. The third-order valence-electron chi connectivity index (χ3n) is 2.39. The van der Waals surface area contributed by atoms with Crippen molar-refractivity contribution in [2.45, 2.75) is 0 Å². The van der Waals surface area contributed by atoms with Gasteiger partial charge in [0.2, 0.25) is 0 Å². The van der Waals surface area contributed by atoms with Crippen molar-refractivity contribution >= 4 is 39.3 Å². The molecule has 0 amide bonds. The molecule has 84 valence electrons. The second-order valence-electron chi connectivity index (χ2n) is 3.54. The zero-order valence-corrected chi connectivity index (χ0v) is 11.0. The highest BCUT2D eigenvalue weighted by molar-refractivity contribution is 9.10. The standard InChI is InChI=1S/C11H7BrN4S/c12-7-3-1-6(2-4-7)9-14-8-5-13-11(17)16-10(8)15-9/h1-5H,(H2,13,14,15,16,17). The number of halogens is 1. The first-order chi connectivity index (χ1) is 8.22. The minimum Gasteiger partial charge on any atom is -0.335 e. The van der Waals surface area contributed by atoms with E-state index in [0.717, 1.165) is 27.0 Å². The summed E-state index contributed by atoms with van der Waals surface area (Å²) >= 11 is 8.36. The largest absolute Gasteiger partial charge is 0.335 e. The molecule has 2 aromatic heterocycles. The zero-order valence-electron chi connectivity index (χ0n) is 8.57. The van der Waals surface area contributed by atoms with Crippen LogP contribution in [0.3, 0.4) is 0 Å². The number of nitrogens with zero attached hydrogens (tertiary/aromatic N) is 2. The second-order valence-corrected chi connectivity index (χ2v) is 4.85. The highest BCUT2D eigenvalue weighted by Gasteiger charge is 2.05. The summed E-state index contributed by atoms with van der Waals surface area (Å²) in [6.45, 7) is 0. The van der Waals surface area contributed by atoms with Crippen molar-refractivity contribution in [3.05, 3.63) is 39.7 Å². The van der Waals surface area contributed by atoms with Crippen molar-refractivity contribution in [2.24, 2.45) is 0 Å². The zero-order chi connectivity index (χ0) is 11.8. The Bertz CT molecular complexity index is 729. The van der Waals surface area contributed by atoms with Gasteiger partial charge in [0.25, 0.3) is 0 Å². The molecule has 3 rings (SSSR count). The number of H-pyrrole nitrogens is 2. The molecule has 4 nitrogen and oxygen atoms in total. The monoisotopic (exact) mass is 306 g/mol. The van der Waals surface area contributed by atoms with Crippen LogP contribution in [0.2, 0.25) is 0 Å². The molecule has 0 spiro atoms. The average molecular weight is 307 g/mol. The highest BCUT2D eigenvalue weighted by Crippen LogP contribution is 2.20. The lowest BCUT2D eigenvalue weighted by atomic mass is 10.2. The Morgan fingerprint density at radius 1 is 1.12 bits per heavy atom. The molecule has 3 aromatic rings. The quantitative estimate of drug-likeness (QED) is 0.677. The molecule has 0 radical (unpaired) electrons. The fraction of sp³-hybridized carbons (Fsp3) is 0. The molecule has 0 aliphatic rings. The molecule has 2 N–H and O–H groups in total. The van der Waals surface area contributed by atoms with E-state index < -0.39 is 0 Å². The van der Waals surface area contributed by atoms with Gasteiger partial charge >= 0.3 is 0 Å². The molecule has 6 heteroatoms. The van der Waals surface area contributed by atoms with Gasteiger partial charge in [0, 0.05) is 10.0 Å². The molecule has 0 bridgehead atoms. The van der Waals surface area contributed by atoms with Gasteiger partial charge in [0.05, 0.1) is 6.20 Å². The van der Waals surface area contributed by atoms with Crippen LogP contribution in [0.4, 0.5) is 0 Å². The number of nitrogens with one attached hydrogen (secondary N) is 2. The van der Waals surface area contributed by atoms with E-state index in [1.807, 2.05) is 24.3 Å². The summed E-state index contributed by atoms with van der Waals surface area (Å²) in [5.74, 6) is 0.797. The maximum atomic E-state index is 4.96. The van der Waals surface area contributed by atoms with Gasteiger partial charge in [-0.15, -0.1) is 0 Å². The number of hydrogen-bond acceptors (Lipinski definition) is 3. The van der Waals surface area contributed by atoms with Crippen LogP contribution in [-0.2, 0) is 0 Å². The van der Waals surface area contributed by atoms with Crippen LogP contribution in [0.5, 0.6) is 0 Å². The number of fused-ring (bicyclic) bond motifs is 1. The molecule has 0 aliphatic heterocycles. The first-order valence-electron chi connectivity index (χ1n) is 4.93. The van der Waals surface area contributed by atoms with E-state index in [1.165, 1.54) is 0 Å². The summed E-state index contributed by atoms with van der Waals surface area (Å²) in [6, 6.07) is 7.93. The maximum absolute atomic E-state index is 4.96. The van der Waals surface area contributed by atoms with Crippen molar-refractivity contribution in [1.29, 1.82) is 0 Å². The lowest BCUT2D eigenvalue weighted by molar-refractivity contribution is 1.17.